The van der Waals surface area contributed by atoms with Gasteiger partial charge in [0.25, 0.3) is 0 Å². The highest BCUT2D eigenvalue weighted by atomic mass is 14.8. The van der Waals surface area contributed by atoms with Gasteiger partial charge in [-0.3, -0.25) is 0 Å². The van der Waals surface area contributed by atoms with E-state index in [1.165, 1.54) is 16.5 Å². The van der Waals surface area contributed by atoms with Crippen LogP contribution in [0.15, 0.2) is 36.0 Å². The molecule has 0 aromatic heterocycles. The Labute approximate surface area is 119 Å². The molecule has 2 aromatic rings. The lowest BCUT2D eigenvalue weighted by Gasteiger charge is -2.12. The fourth-order valence-corrected chi connectivity index (χ4v) is 2.75. The van der Waals surface area contributed by atoms with Crippen molar-refractivity contribution in [3.8, 4) is 0 Å². The fourth-order valence-electron chi connectivity index (χ4n) is 2.75. The summed E-state index contributed by atoms with van der Waals surface area (Å²) in [6.45, 7) is 6.25. The van der Waals surface area contributed by atoms with Crippen LogP contribution >= 0.6 is 0 Å². The SMILES string of the molecule is CC(C)=CNc1ccc2c3c(ccc(C)c13)C(N)=C2N. The van der Waals surface area contributed by atoms with Gasteiger partial charge in [-0.1, -0.05) is 23.8 Å². The predicted octanol–water partition coefficient (Wildman–Crippen LogP) is 3.54. The monoisotopic (exact) mass is 265 g/mol. The van der Waals surface area contributed by atoms with Crippen LogP contribution in [0.1, 0.15) is 30.5 Å². The van der Waals surface area contributed by atoms with Gasteiger partial charge in [0.15, 0.2) is 0 Å². The van der Waals surface area contributed by atoms with E-state index >= 15 is 0 Å². The topological polar surface area (TPSA) is 64.1 Å². The van der Waals surface area contributed by atoms with Crippen LogP contribution in [-0.2, 0) is 0 Å². The lowest BCUT2D eigenvalue weighted by molar-refractivity contribution is 1.36. The number of benzene rings is 2. The minimum atomic E-state index is 0.685. The highest BCUT2D eigenvalue weighted by Crippen LogP contribution is 2.41. The number of aryl methyl sites for hydroxylation is 1. The van der Waals surface area contributed by atoms with E-state index in [2.05, 4.69) is 44.3 Å². The summed E-state index contributed by atoms with van der Waals surface area (Å²) in [6, 6.07) is 8.27. The van der Waals surface area contributed by atoms with Gasteiger partial charge < -0.3 is 16.8 Å². The Balaban J connectivity index is 2.32. The van der Waals surface area contributed by atoms with Crippen molar-refractivity contribution in [1.29, 1.82) is 0 Å². The van der Waals surface area contributed by atoms with Gasteiger partial charge in [0.1, 0.15) is 0 Å². The molecule has 1 aliphatic rings. The van der Waals surface area contributed by atoms with E-state index in [0.717, 1.165) is 22.2 Å². The Kier molecular flexibility index (Phi) is 2.71. The molecular formula is C17H19N3. The lowest BCUT2D eigenvalue weighted by atomic mass is 9.97. The second-order valence-electron chi connectivity index (χ2n) is 5.53. The number of anilines is 1. The molecule has 0 fully saturated rings. The van der Waals surface area contributed by atoms with Gasteiger partial charge in [-0.15, -0.1) is 0 Å². The molecule has 1 aliphatic carbocycles. The Morgan fingerprint density at radius 3 is 2.15 bits per heavy atom. The number of nitrogens with one attached hydrogen (secondary N) is 1. The summed E-state index contributed by atoms with van der Waals surface area (Å²) in [5, 5.41) is 5.73. The maximum atomic E-state index is 6.13. The zero-order chi connectivity index (χ0) is 14.4. The molecular weight excluding hydrogens is 246 g/mol. The first-order valence-electron chi connectivity index (χ1n) is 6.73. The molecule has 0 atom stereocenters. The first-order chi connectivity index (χ1) is 9.50. The minimum Gasteiger partial charge on any atom is -0.397 e. The molecule has 2 aromatic carbocycles. The van der Waals surface area contributed by atoms with Crippen molar-refractivity contribution in [2.45, 2.75) is 20.8 Å². The summed E-state index contributed by atoms with van der Waals surface area (Å²) in [5.74, 6) is 0. The van der Waals surface area contributed by atoms with E-state index in [9.17, 15) is 0 Å². The van der Waals surface area contributed by atoms with E-state index < -0.39 is 0 Å². The minimum absolute atomic E-state index is 0.685. The molecule has 0 unspecified atom stereocenters. The van der Waals surface area contributed by atoms with Crippen molar-refractivity contribution in [3.05, 3.63) is 52.7 Å². The fraction of sp³-hybridized carbons (Fsp3) is 0.176. The maximum Gasteiger partial charge on any atom is 0.0634 e. The summed E-state index contributed by atoms with van der Waals surface area (Å²) in [4.78, 5) is 0. The number of hydrogen-bond donors (Lipinski definition) is 3. The standard InChI is InChI=1S/C17H19N3/c1-9(2)8-20-13-7-6-12-15-11(16(18)17(12)19)5-4-10(3)14(13)15/h4-8,20H,18-19H2,1-3H3. The van der Waals surface area contributed by atoms with Crippen molar-refractivity contribution < 1.29 is 0 Å². The van der Waals surface area contributed by atoms with E-state index in [4.69, 9.17) is 11.5 Å². The predicted molar refractivity (Wildman–Crippen MR) is 86.9 cm³/mol. The van der Waals surface area contributed by atoms with E-state index in [-0.39, 0.29) is 0 Å². The average molecular weight is 265 g/mol. The molecule has 0 amide bonds. The summed E-state index contributed by atoms with van der Waals surface area (Å²) >= 11 is 0. The number of hydrogen-bond acceptors (Lipinski definition) is 3. The summed E-state index contributed by atoms with van der Waals surface area (Å²) in [5.41, 5.74) is 19.2. The normalized spacial score (nSPS) is 12.9. The second kappa shape index (κ2) is 4.30. The van der Waals surface area contributed by atoms with Crippen LogP contribution in [0.4, 0.5) is 5.69 Å². The smallest absolute Gasteiger partial charge is 0.0634 e. The van der Waals surface area contributed by atoms with Gasteiger partial charge in [-0.2, -0.15) is 0 Å². The van der Waals surface area contributed by atoms with Gasteiger partial charge in [-0.25, -0.2) is 0 Å². The molecule has 0 bridgehead atoms. The molecule has 0 saturated heterocycles. The Bertz CT molecular complexity index is 760. The molecule has 20 heavy (non-hydrogen) atoms. The molecule has 0 spiro atoms. The molecule has 5 N–H and O–H groups in total. The zero-order valence-electron chi connectivity index (χ0n) is 12.0. The van der Waals surface area contributed by atoms with Gasteiger partial charge in [0.05, 0.1) is 11.4 Å². The number of nitrogens with two attached hydrogens (primary N) is 2. The van der Waals surface area contributed by atoms with Gasteiger partial charge in [-0.05, 0) is 38.6 Å². The van der Waals surface area contributed by atoms with Crippen molar-refractivity contribution in [2.75, 3.05) is 5.32 Å². The molecule has 3 heteroatoms. The largest absolute Gasteiger partial charge is 0.397 e. The first-order valence-corrected chi connectivity index (χ1v) is 6.73. The van der Waals surface area contributed by atoms with E-state index in [1.54, 1.807) is 0 Å². The quantitative estimate of drug-likeness (QED) is 0.778. The van der Waals surface area contributed by atoms with Crippen LogP contribution in [-0.4, -0.2) is 0 Å². The van der Waals surface area contributed by atoms with Gasteiger partial charge in [0, 0.05) is 27.6 Å². The van der Waals surface area contributed by atoms with Crippen LogP contribution in [0, 0.1) is 6.92 Å². The average Bonchev–Trinajstić information content (AvgIpc) is 2.66. The van der Waals surface area contributed by atoms with Crippen molar-refractivity contribution in [1.82, 2.24) is 0 Å². The third kappa shape index (κ3) is 1.67. The zero-order valence-corrected chi connectivity index (χ0v) is 12.0. The summed E-state index contributed by atoms with van der Waals surface area (Å²) in [7, 11) is 0. The van der Waals surface area contributed by atoms with Gasteiger partial charge >= 0.3 is 0 Å². The van der Waals surface area contributed by atoms with Crippen LogP contribution < -0.4 is 16.8 Å². The van der Waals surface area contributed by atoms with Crippen LogP contribution in [0.3, 0.4) is 0 Å². The highest BCUT2D eigenvalue weighted by molar-refractivity contribution is 6.16. The number of allylic oxidation sites excluding steroid dienone is 1. The van der Waals surface area contributed by atoms with Gasteiger partial charge in [0.2, 0.25) is 0 Å². The maximum absolute atomic E-state index is 6.13. The van der Waals surface area contributed by atoms with Crippen LogP contribution in [0.5, 0.6) is 0 Å². The molecule has 0 aliphatic heterocycles. The first kappa shape index (κ1) is 12.6. The number of rotatable bonds is 2. The second-order valence-corrected chi connectivity index (χ2v) is 5.53. The Hall–Kier alpha value is -2.42. The van der Waals surface area contributed by atoms with E-state index in [0.29, 0.717) is 11.4 Å². The summed E-state index contributed by atoms with van der Waals surface area (Å²) < 4.78 is 0. The molecule has 0 heterocycles. The lowest BCUT2D eigenvalue weighted by Crippen LogP contribution is -2.01. The Morgan fingerprint density at radius 1 is 0.950 bits per heavy atom. The third-order valence-corrected chi connectivity index (χ3v) is 3.76. The molecule has 0 saturated carbocycles. The molecule has 0 radical (unpaired) electrons. The van der Waals surface area contributed by atoms with Crippen molar-refractivity contribution in [3.63, 3.8) is 0 Å². The Morgan fingerprint density at radius 2 is 1.55 bits per heavy atom. The summed E-state index contributed by atoms with van der Waals surface area (Å²) in [6.07, 6.45) is 2.01. The highest BCUT2D eigenvalue weighted by Gasteiger charge is 2.22. The van der Waals surface area contributed by atoms with Crippen LogP contribution in [0.2, 0.25) is 0 Å². The molecule has 102 valence electrons. The molecule has 3 rings (SSSR count). The van der Waals surface area contributed by atoms with Crippen LogP contribution in [0.25, 0.3) is 22.2 Å². The molecule has 3 nitrogen and oxygen atoms in total. The van der Waals surface area contributed by atoms with Crippen molar-refractivity contribution in [2.24, 2.45) is 11.5 Å². The van der Waals surface area contributed by atoms with Crippen molar-refractivity contribution >= 4 is 27.9 Å². The van der Waals surface area contributed by atoms with E-state index in [1.807, 2.05) is 12.3 Å². The third-order valence-electron chi connectivity index (χ3n) is 3.76.